The predicted molar refractivity (Wildman–Crippen MR) is 66.8 cm³/mol. The molecule has 0 saturated carbocycles. The minimum atomic E-state index is -2.92. The number of halogens is 4. The predicted octanol–water partition coefficient (Wildman–Crippen LogP) is 4.18. The van der Waals surface area contributed by atoms with Crippen molar-refractivity contribution < 1.29 is 22.3 Å². The second-order valence-corrected chi connectivity index (χ2v) is 3.96. The molecule has 2 aromatic rings. The van der Waals surface area contributed by atoms with Crippen LogP contribution in [0.1, 0.15) is 5.56 Å². The van der Waals surface area contributed by atoms with E-state index < -0.39 is 18.2 Å². The van der Waals surface area contributed by atoms with Crippen LogP contribution in [0.2, 0.25) is 0 Å². The summed E-state index contributed by atoms with van der Waals surface area (Å²) in [5.41, 5.74) is 0.304. The highest BCUT2D eigenvalue weighted by Crippen LogP contribution is 2.21. The molecule has 0 saturated heterocycles. The van der Waals surface area contributed by atoms with Gasteiger partial charge in [-0.05, 0) is 24.3 Å². The number of ether oxygens (including phenoxy) is 1. The van der Waals surface area contributed by atoms with Gasteiger partial charge in [0.25, 0.3) is 0 Å². The third-order valence-corrected chi connectivity index (χ3v) is 2.59. The first-order valence-electron chi connectivity index (χ1n) is 5.78. The van der Waals surface area contributed by atoms with Crippen LogP contribution < -0.4 is 10.1 Å². The van der Waals surface area contributed by atoms with Gasteiger partial charge in [0, 0.05) is 23.9 Å². The lowest BCUT2D eigenvalue weighted by atomic mass is 10.2. The number of anilines is 1. The smallest absolute Gasteiger partial charge is 0.387 e. The Morgan fingerprint density at radius 3 is 2.30 bits per heavy atom. The molecule has 6 heteroatoms. The van der Waals surface area contributed by atoms with Crippen molar-refractivity contribution in [3.05, 3.63) is 59.7 Å². The fraction of sp³-hybridized carbons (Fsp3) is 0.143. The zero-order valence-corrected chi connectivity index (χ0v) is 10.2. The van der Waals surface area contributed by atoms with E-state index in [1.54, 1.807) is 6.07 Å². The van der Waals surface area contributed by atoms with E-state index in [0.717, 1.165) is 12.1 Å². The van der Waals surface area contributed by atoms with E-state index in [-0.39, 0.29) is 17.9 Å². The van der Waals surface area contributed by atoms with E-state index in [1.165, 1.54) is 24.3 Å². The van der Waals surface area contributed by atoms with E-state index in [2.05, 4.69) is 10.1 Å². The third-order valence-electron chi connectivity index (χ3n) is 2.59. The molecular formula is C14H11F4NO. The number of hydrogen-bond donors (Lipinski definition) is 1. The third kappa shape index (κ3) is 3.63. The standard InChI is InChI=1S/C14H11F4NO/c15-12-5-2-6-13(16)11(12)8-19-9-3-1-4-10(7-9)20-14(17)18/h1-7,14,19H,8H2. The molecule has 2 rings (SSSR count). The Hall–Kier alpha value is -2.24. The van der Waals surface area contributed by atoms with Gasteiger partial charge in [-0.3, -0.25) is 0 Å². The minimum absolute atomic E-state index is 0.0287. The summed E-state index contributed by atoms with van der Waals surface area (Å²) in [6.45, 7) is -3.02. The van der Waals surface area contributed by atoms with Gasteiger partial charge < -0.3 is 10.1 Å². The molecule has 0 radical (unpaired) electrons. The summed E-state index contributed by atoms with van der Waals surface area (Å²) >= 11 is 0. The average molecular weight is 285 g/mol. The molecule has 0 atom stereocenters. The molecule has 1 N–H and O–H groups in total. The van der Waals surface area contributed by atoms with Crippen molar-refractivity contribution >= 4 is 5.69 Å². The number of hydrogen-bond acceptors (Lipinski definition) is 2. The number of benzene rings is 2. The normalized spacial score (nSPS) is 10.7. The van der Waals surface area contributed by atoms with Gasteiger partial charge in [-0.25, -0.2) is 8.78 Å². The summed E-state index contributed by atoms with van der Waals surface area (Å²) < 4.78 is 55.2. The number of alkyl halides is 2. The van der Waals surface area contributed by atoms with E-state index in [0.29, 0.717) is 5.69 Å². The maximum atomic E-state index is 13.4. The van der Waals surface area contributed by atoms with Gasteiger partial charge >= 0.3 is 6.61 Å². The van der Waals surface area contributed by atoms with Crippen LogP contribution in [-0.4, -0.2) is 6.61 Å². The van der Waals surface area contributed by atoms with Crippen molar-refractivity contribution in [3.63, 3.8) is 0 Å². The molecule has 0 spiro atoms. The van der Waals surface area contributed by atoms with Crippen LogP contribution in [0.3, 0.4) is 0 Å². The highest BCUT2D eigenvalue weighted by atomic mass is 19.3. The minimum Gasteiger partial charge on any atom is -0.435 e. The SMILES string of the molecule is Fc1cccc(F)c1CNc1cccc(OC(F)F)c1. The summed E-state index contributed by atoms with van der Waals surface area (Å²) in [5, 5.41) is 2.75. The van der Waals surface area contributed by atoms with E-state index >= 15 is 0 Å². The van der Waals surface area contributed by atoms with Crippen molar-refractivity contribution in [2.75, 3.05) is 5.32 Å². The number of nitrogens with one attached hydrogen (secondary N) is 1. The molecule has 0 unspecified atom stereocenters. The summed E-state index contributed by atoms with van der Waals surface area (Å²) in [5.74, 6) is -1.37. The fourth-order valence-corrected chi connectivity index (χ4v) is 1.67. The molecular weight excluding hydrogens is 274 g/mol. The highest BCUT2D eigenvalue weighted by molar-refractivity contribution is 5.48. The highest BCUT2D eigenvalue weighted by Gasteiger charge is 2.08. The number of rotatable bonds is 5. The Kier molecular flexibility index (Phi) is 4.45. The van der Waals surface area contributed by atoms with E-state index in [9.17, 15) is 17.6 Å². The summed E-state index contributed by atoms with van der Waals surface area (Å²) in [6.07, 6.45) is 0. The van der Waals surface area contributed by atoms with Crippen LogP contribution in [0, 0.1) is 11.6 Å². The average Bonchev–Trinajstić information content (AvgIpc) is 2.38. The molecule has 0 aromatic heterocycles. The zero-order chi connectivity index (χ0) is 14.5. The van der Waals surface area contributed by atoms with Crippen molar-refractivity contribution in [3.8, 4) is 5.75 Å². The van der Waals surface area contributed by atoms with Gasteiger partial charge in [0.05, 0.1) is 0 Å². The fourth-order valence-electron chi connectivity index (χ4n) is 1.67. The maximum absolute atomic E-state index is 13.4. The Morgan fingerprint density at radius 1 is 1.00 bits per heavy atom. The van der Waals surface area contributed by atoms with Gasteiger partial charge in [-0.1, -0.05) is 12.1 Å². The quantitative estimate of drug-likeness (QED) is 0.832. The summed E-state index contributed by atoms with van der Waals surface area (Å²) in [7, 11) is 0. The second-order valence-electron chi connectivity index (χ2n) is 3.96. The molecule has 0 heterocycles. The molecule has 2 aromatic carbocycles. The van der Waals surface area contributed by atoms with Crippen molar-refractivity contribution in [1.29, 1.82) is 0 Å². The molecule has 0 aliphatic heterocycles. The topological polar surface area (TPSA) is 21.3 Å². The monoisotopic (exact) mass is 285 g/mol. The first-order chi connectivity index (χ1) is 9.56. The van der Waals surface area contributed by atoms with Gasteiger partial charge in [0.2, 0.25) is 0 Å². The molecule has 0 fully saturated rings. The Labute approximate surface area is 113 Å². The van der Waals surface area contributed by atoms with Crippen LogP contribution in [-0.2, 0) is 6.54 Å². The van der Waals surface area contributed by atoms with E-state index in [1.807, 2.05) is 0 Å². The van der Waals surface area contributed by atoms with Crippen LogP contribution >= 0.6 is 0 Å². The first-order valence-corrected chi connectivity index (χ1v) is 5.78. The van der Waals surface area contributed by atoms with Crippen LogP contribution in [0.25, 0.3) is 0 Å². The van der Waals surface area contributed by atoms with E-state index in [4.69, 9.17) is 0 Å². The summed E-state index contributed by atoms with van der Waals surface area (Å²) in [6, 6.07) is 9.33. The molecule has 2 nitrogen and oxygen atoms in total. The first kappa shape index (κ1) is 14.2. The van der Waals surface area contributed by atoms with Gasteiger partial charge in [-0.2, -0.15) is 8.78 Å². The molecule has 0 amide bonds. The van der Waals surface area contributed by atoms with Crippen LogP contribution in [0.5, 0.6) is 5.75 Å². The van der Waals surface area contributed by atoms with Gasteiger partial charge in [0.1, 0.15) is 17.4 Å². The molecule has 20 heavy (non-hydrogen) atoms. The Morgan fingerprint density at radius 2 is 1.65 bits per heavy atom. The Bertz CT molecular complexity index is 569. The molecule has 0 aliphatic rings. The molecule has 0 bridgehead atoms. The van der Waals surface area contributed by atoms with Crippen LogP contribution in [0.4, 0.5) is 23.2 Å². The van der Waals surface area contributed by atoms with Crippen LogP contribution in [0.15, 0.2) is 42.5 Å². The van der Waals surface area contributed by atoms with Gasteiger partial charge in [0.15, 0.2) is 0 Å². The lowest BCUT2D eigenvalue weighted by Crippen LogP contribution is -2.05. The van der Waals surface area contributed by atoms with Gasteiger partial charge in [-0.15, -0.1) is 0 Å². The molecule has 0 aliphatic carbocycles. The lowest BCUT2D eigenvalue weighted by molar-refractivity contribution is -0.0498. The maximum Gasteiger partial charge on any atom is 0.387 e. The Balaban J connectivity index is 2.07. The second kappa shape index (κ2) is 6.27. The van der Waals surface area contributed by atoms with Crippen molar-refractivity contribution in [2.24, 2.45) is 0 Å². The largest absolute Gasteiger partial charge is 0.435 e. The van der Waals surface area contributed by atoms with Crippen molar-refractivity contribution in [2.45, 2.75) is 13.2 Å². The van der Waals surface area contributed by atoms with Crippen molar-refractivity contribution in [1.82, 2.24) is 0 Å². The zero-order valence-electron chi connectivity index (χ0n) is 10.2. The molecule has 106 valence electrons. The summed E-state index contributed by atoms with van der Waals surface area (Å²) in [4.78, 5) is 0. The lowest BCUT2D eigenvalue weighted by Gasteiger charge is -2.10.